The van der Waals surface area contributed by atoms with Crippen molar-refractivity contribution >= 4 is 40.7 Å². The van der Waals surface area contributed by atoms with Crippen molar-refractivity contribution in [1.82, 2.24) is 15.0 Å². The standard InChI is InChI=1S/C16H13Cl2N5/c17-12-5-3-6-13(15(12)18)22-16-20-9-7-14(23-16)21-10-11-4-1-2-8-19-11/h1-9H,10H2,(H2,20,21,22,23). The lowest BCUT2D eigenvalue weighted by Gasteiger charge is -2.09. The predicted octanol–water partition coefficient (Wildman–Crippen LogP) is 4.53. The quantitative estimate of drug-likeness (QED) is 0.710. The van der Waals surface area contributed by atoms with Gasteiger partial charge < -0.3 is 10.6 Å². The first-order valence-electron chi connectivity index (χ1n) is 6.90. The smallest absolute Gasteiger partial charge is 0.229 e. The fraction of sp³-hybridized carbons (Fsp3) is 0.0625. The fourth-order valence-electron chi connectivity index (χ4n) is 1.92. The van der Waals surface area contributed by atoms with Crippen molar-refractivity contribution in [2.75, 3.05) is 10.6 Å². The second kappa shape index (κ2) is 7.26. The zero-order chi connectivity index (χ0) is 16.1. The van der Waals surface area contributed by atoms with Gasteiger partial charge in [0.1, 0.15) is 5.82 Å². The van der Waals surface area contributed by atoms with E-state index in [1.54, 1.807) is 30.6 Å². The molecule has 0 aliphatic carbocycles. The van der Waals surface area contributed by atoms with Crippen molar-refractivity contribution in [3.63, 3.8) is 0 Å². The van der Waals surface area contributed by atoms with Crippen molar-refractivity contribution in [2.45, 2.75) is 6.54 Å². The molecule has 0 radical (unpaired) electrons. The highest BCUT2D eigenvalue weighted by atomic mass is 35.5. The molecule has 0 unspecified atom stereocenters. The largest absolute Gasteiger partial charge is 0.364 e. The van der Waals surface area contributed by atoms with Crippen LogP contribution in [-0.2, 0) is 6.54 Å². The topological polar surface area (TPSA) is 62.7 Å². The van der Waals surface area contributed by atoms with E-state index in [-0.39, 0.29) is 0 Å². The van der Waals surface area contributed by atoms with Gasteiger partial charge in [0.15, 0.2) is 0 Å². The number of benzene rings is 1. The maximum atomic E-state index is 6.15. The van der Waals surface area contributed by atoms with Crippen LogP contribution in [0.25, 0.3) is 0 Å². The molecule has 1 aromatic carbocycles. The van der Waals surface area contributed by atoms with Crippen LogP contribution in [0.15, 0.2) is 54.9 Å². The van der Waals surface area contributed by atoms with E-state index in [4.69, 9.17) is 23.2 Å². The van der Waals surface area contributed by atoms with E-state index in [1.165, 1.54) is 0 Å². The Bertz CT molecular complexity index is 795. The second-order valence-electron chi connectivity index (χ2n) is 4.67. The van der Waals surface area contributed by atoms with Gasteiger partial charge in [0.2, 0.25) is 5.95 Å². The summed E-state index contributed by atoms with van der Waals surface area (Å²) in [5, 5.41) is 7.17. The molecule has 0 saturated heterocycles. The monoisotopic (exact) mass is 345 g/mol. The van der Waals surface area contributed by atoms with Gasteiger partial charge in [0.25, 0.3) is 0 Å². The Hall–Kier alpha value is -2.37. The molecular weight excluding hydrogens is 333 g/mol. The van der Waals surface area contributed by atoms with E-state index in [2.05, 4.69) is 25.6 Å². The molecule has 7 heteroatoms. The number of rotatable bonds is 5. The molecule has 3 aromatic rings. The first-order chi connectivity index (χ1) is 11.2. The van der Waals surface area contributed by atoms with Crippen LogP contribution in [0, 0.1) is 0 Å². The minimum absolute atomic E-state index is 0.431. The predicted molar refractivity (Wildman–Crippen MR) is 93.3 cm³/mol. The molecule has 2 N–H and O–H groups in total. The average Bonchev–Trinajstić information content (AvgIpc) is 2.59. The minimum atomic E-state index is 0.431. The SMILES string of the molecule is Clc1cccc(Nc2nccc(NCc3ccccn3)n2)c1Cl. The number of pyridine rings is 1. The second-order valence-corrected chi connectivity index (χ2v) is 5.45. The summed E-state index contributed by atoms with van der Waals surface area (Å²) >= 11 is 12.1. The first-order valence-corrected chi connectivity index (χ1v) is 7.66. The summed E-state index contributed by atoms with van der Waals surface area (Å²) in [6.45, 7) is 0.579. The third-order valence-corrected chi connectivity index (χ3v) is 3.85. The van der Waals surface area contributed by atoms with Crippen molar-refractivity contribution < 1.29 is 0 Å². The zero-order valence-electron chi connectivity index (χ0n) is 12.0. The summed E-state index contributed by atoms with van der Waals surface area (Å²) in [6.07, 6.45) is 3.42. The zero-order valence-corrected chi connectivity index (χ0v) is 13.5. The molecular formula is C16H13Cl2N5. The van der Waals surface area contributed by atoms with Crippen LogP contribution in [-0.4, -0.2) is 15.0 Å². The van der Waals surface area contributed by atoms with Gasteiger partial charge >= 0.3 is 0 Å². The number of aromatic nitrogens is 3. The molecule has 0 saturated carbocycles. The van der Waals surface area contributed by atoms with E-state index in [0.717, 1.165) is 5.69 Å². The van der Waals surface area contributed by atoms with Crippen LogP contribution < -0.4 is 10.6 Å². The summed E-state index contributed by atoms with van der Waals surface area (Å²) in [5.41, 5.74) is 1.58. The lowest BCUT2D eigenvalue weighted by molar-refractivity contribution is 1.02. The van der Waals surface area contributed by atoms with Crippen LogP contribution in [0.2, 0.25) is 10.0 Å². The highest BCUT2D eigenvalue weighted by Crippen LogP contribution is 2.30. The first kappa shape index (κ1) is 15.5. The van der Waals surface area contributed by atoms with Gasteiger partial charge in [-0.3, -0.25) is 4.98 Å². The van der Waals surface area contributed by atoms with Crippen LogP contribution in [0.4, 0.5) is 17.5 Å². The number of nitrogens with zero attached hydrogens (tertiary/aromatic N) is 3. The van der Waals surface area contributed by atoms with Gasteiger partial charge in [-0.05, 0) is 30.3 Å². The Morgan fingerprint density at radius 1 is 0.913 bits per heavy atom. The third-order valence-electron chi connectivity index (χ3n) is 3.03. The molecule has 116 valence electrons. The average molecular weight is 346 g/mol. The summed E-state index contributed by atoms with van der Waals surface area (Å²) < 4.78 is 0. The van der Waals surface area contributed by atoms with Crippen molar-refractivity contribution in [3.8, 4) is 0 Å². The molecule has 0 spiro atoms. The van der Waals surface area contributed by atoms with Gasteiger partial charge in [-0.25, -0.2) is 4.98 Å². The lowest BCUT2D eigenvalue weighted by atomic mass is 10.3. The molecule has 0 fully saturated rings. The number of halogens is 2. The van der Waals surface area contributed by atoms with Crippen molar-refractivity contribution in [2.24, 2.45) is 0 Å². The Balaban J connectivity index is 1.71. The van der Waals surface area contributed by atoms with Gasteiger partial charge in [-0.2, -0.15) is 4.98 Å². The minimum Gasteiger partial charge on any atom is -0.364 e. The van der Waals surface area contributed by atoms with Gasteiger partial charge in [0.05, 0.1) is 28.0 Å². The molecule has 0 aliphatic heterocycles. The number of hydrogen-bond donors (Lipinski definition) is 2. The molecule has 0 bridgehead atoms. The van der Waals surface area contributed by atoms with E-state index in [0.29, 0.717) is 34.0 Å². The molecule has 0 amide bonds. The number of nitrogens with one attached hydrogen (secondary N) is 2. The normalized spacial score (nSPS) is 10.3. The summed E-state index contributed by atoms with van der Waals surface area (Å²) in [4.78, 5) is 12.8. The third kappa shape index (κ3) is 4.09. The van der Waals surface area contributed by atoms with Crippen molar-refractivity contribution in [3.05, 3.63) is 70.6 Å². The Labute approximate surface area is 143 Å². The van der Waals surface area contributed by atoms with Crippen LogP contribution >= 0.6 is 23.2 Å². The van der Waals surface area contributed by atoms with Crippen LogP contribution in [0.3, 0.4) is 0 Å². The molecule has 3 rings (SSSR count). The number of hydrogen-bond acceptors (Lipinski definition) is 5. The highest BCUT2D eigenvalue weighted by molar-refractivity contribution is 6.43. The van der Waals surface area contributed by atoms with Crippen molar-refractivity contribution in [1.29, 1.82) is 0 Å². The molecule has 0 aliphatic rings. The summed E-state index contributed by atoms with van der Waals surface area (Å²) in [6, 6.07) is 12.9. The lowest BCUT2D eigenvalue weighted by Crippen LogP contribution is -2.05. The van der Waals surface area contributed by atoms with E-state index in [9.17, 15) is 0 Å². The van der Waals surface area contributed by atoms with Crippen LogP contribution in [0.1, 0.15) is 5.69 Å². The van der Waals surface area contributed by atoms with Gasteiger partial charge in [-0.1, -0.05) is 35.3 Å². The van der Waals surface area contributed by atoms with Gasteiger partial charge in [-0.15, -0.1) is 0 Å². The number of anilines is 3. The molecule has 23 heavy (non-hydrogen) atoms. The van der Waals surface area contributed by atoms with Crippen LogP contribution in [0.5, 0.6) is 0 Å². The molecule has 2 heterocycles. The molecule has 2 aromatic heterocycles. The Kier molecular flexibility index (Phi) is 4.90. The van der Waals surface area contributed by atoms with E-state index < -0.39 is 0 Å². The maximum Gasteiger partial charge on any atom is 0.229 e. The Morgan fingerprint density at radius 2 is 1.83 bits per heavy atom. The highest BCUT2D eigenvalue weighted by Gasteiger charge is 2.06. The Morgan fingerprint density at radius 3 is 2.65 bits per heavy atom. The maximum absolute atomic E-state index is 6.15. The van der Waals surface area contributed by atoms with E-state index in [1.807, 2.05) is 24.3 Å². The van der Waals surface area contributed by atoms with Gasteiger partial charge in [0, 0.05) is 12.4 Å². The summed E-state index contributed by atoms with van der Waals surface area (Å²) in [7, 11) is 0. The molecule has 0 atom stereocenters. The van der Waals surface area contributed by atoms with E-state index >= 15 is 0 Å². The molecule has 5 nitrogen and oxygen atoms in total. The summed E-state index contributed by atoms with van der Waals surface area (Å²) in [5.74, 6) is 1.12. The fourth-order valence-corrected chi connectivity index (χ4v) is 2.27.